The Bertz CT molecular complexity index is 1330. The normalized spacial score (nSPS) is 18.8. The minimum Gasteiger partial charge on any atom is -0.314 e. The van der Waals surface area contributed by atoms with E-state index in [2.05, 4.69) is 30.3 Å². The molecule has 0 radical (unpaired) electrons. The van der Waals surface area contributed by atoms with Gasteiger partial charge in [0.2, 0.25) is 5.91 Å². The highest BCUT2D eigenvalue weighted by atomic mass is 16.2. The Morgan fingerprint density at radius 1 is 1.04 bits per heavy atom. The second kappa shape index (κ2) is 5.77. The van der Waals surface area contributed by atoms with Crippen molar-refractivity contribution < 1.29 is 4.79 Å². The number of fused-ring (bicyclic) bond motifs is 4. The van der Waals surface area contributed by atoms with Crippen molar-refractivity contribution >= 4 is 44.0 Å². The lowest BCUT2D eigenvalue weighted by atomic mass is 9.75. The Balaban J connectivity index is 1.99. The van der Waals surface area contributed by atoms with E-state index in [0.717, 1.165) is 38.4 Å². The standard InChI is InChI=1S/C24H19N3O/c1-24(13-6-14-25)22-21-17(9-5-10-19(21)27(2)23(24)28)20-16-8-4-3-7-15(16)11-12-18(20)26-22/h3-5,7-12H,6,13H2,1-2H3. The van der Waals surface area contributed by atoms with Crippen molar-refractivity contribution in [2.24, 2.45) is 0 Å². The van der Waals surface area contributed by atoms with Crippen LogP contribution in [0.1, 0.15) is 25.5 Å². The molecule has 136 valence electrons. The van der Waals surface area contributed by atoms with Gasteiger partial charge in [0, 0.05) is 24.2 Å². The molecule has 0 aliphatic carbocycles. The lowest BCUT2D eigenvalue weighted by Gasteiger charge is -2.38. The van der Waals surface area contributed by atoms with Crippen molar-refractivity contribution in [1.29, 1.82) is 5.26 Å². The second-order valence-corrected chi connectivity index (χ2v) is 7.70. The number of likely N-dealkylation sites (N-methyl/N-ethyl adjacent to an activating group) is 1. The highest BCUT2D eigenvalue weighted by Gasteiger charge is 2.44. The maximum atomic E-state index is 13.3. The van der Waals surface area contributed by atoms with E-state index >= 15 is 0 Å². The molecule has 1 amide bonds. The highest BCUT2D eigenvalue weighted by Crippen LogP contribution is 2.46. The fourth-order valence-corrected chi connectivity index (χ4v) is 4.60. The first-order chi connectivity index (χ1) is 13.6. The smallest absolute Gasteiger partial charge is 0.238 e. The summed E-state index contributed by atoms with van der Waals surface area (Å²) in [5.74, 6) is -0.00427. The first-order valence-corrected chi connectivity index (χ1v) is 9.46. The Morgan fingerprint density at radius 3 is 2.64 bits per heavy atom. The zero-order valence-electron chi connectivity index (χ0n) is 15.9. The van der Waals surface area contributed by atoms with Crippen molar-refractivity contribution in [3.63, 3.8) is 0 Å². The van der Waals surface area contributed by atoms with Crippen molar-refractivity contribution in [3.05, 3.63) is 60.3 Å². The molecule has 4 nitrogen and oxygen atoms in total. The van der Waals surface area contributed by atoms with Gasteiger partial charge in [0.1, 0.15) is 0 Å². The predicted molar refractivity (Wildman–Crippen MR) is 112 cm³/mol. The summed E-state index contributed by atoms with van der Waals surface area (Å²) in [6, 6.07) is 20.7. The Hall–Kier alpha value is -3.45. The number of carbonyl (C=O) groups excluding carboxylic acids is 1. The van der Waals surface area contributed by atoms with Crippen molar-refractivity contribution in [1.82, 2.24) is 4.98 Å². The number of hydrogen-bond donors (Lipinski definition) is 0. The van der Waals surface area contributed by atoms with Crippen LogP contribution in [0.5, 0.6) is 0 Å². The van der Waals surface area contributed by atoms with E-state index in [1.165, 1.54) is 5.39 Å². The third-order valence-corrected chi connectivity index (χ3v) is 6.09. The van der Waals surface area contributed by atoms with Gasteiger partial charge < -0.3 is 4.90 Å². The topological polar surface area (TPSA) is 57.0 Å². The lowest BCUT2D eigenvalue weighted by molar-refractivity contribution is -0.123. The van der Waals surface area contributed by atoms with Crippen LogP contribution in [0.25, 0.3) is 32.4 Å². The molecule has 0 saturated heterocycles. The van der Waals surface area contributed by atoms with Gasteiger partial charge in [-0.2, -0.15) is 5.26 Å². The summed E-state index contributed by atoms with van der Waals surface area (Å²) < 4.78 is 0. The summed E-state index contributed by atoms with van der Waals surface area (Å²) >= 11 is 0. The van der Waals surface area contributed by atoms with E-state index in [9.17, 15) is 4.79 Å². The summed E-state index contributed by atoms with van der Waals surface area (Å²) in [7, 11) is 1.82. The molecule has 3 aromatic carbocycles. The Labute approximate surface area is 163 Å². The minimum absolute atomic E-state index is 0.00427. The van der Waals surface area contributed by atoms with Gasteiger partial charge in [0.25, 0.3) is 0 Å². The molecule has 1 unspecified atom stereocenters. The maximum Gasteiger partial charge on any atom is 0.238 e. The summed E-state index contributed by atoms with van der Waals surface area (Å²) in [5.41, 5.74) is 1.75. The van der Waals surface area contributed by atoms with Gasteiger partial charge in [-0.05, 0) is 41.6 Å². The van der Waals surface area contributed by atoms with Crippen LogP contribution in [0.4, 0.5) is 5.69 Å². The molecule has 0 N–H and O–H groups in total. The largest absolute Gasteiger partial charge is 0.314 e. The van der Waals surface area contributed by atoms with Crippen LogP contribution in [-0.2, 0) is 10.2 Å². The fourth-order valence-electron chi connectivity index (χ4n) is 4.60. The van der Waals surface area contributed by atoms with Crippen LogP contribution in [0.15, 0.2) is 54.6 Å². The molecule has 2 heterocycles. The zero-order chi connectivity index (χ0) is 19.5. The number of rotatable bonds is 2. The average Bonchev–Trinajstić information content (AvgIpc) is 2.74. The molecule has 5 rings (SSSR count). The van der Waals surface area contributed by atoms with Crippen molar-refractivity contribution in [2.75, 3.05) is 11.9 Å². The number of benzene rings is 3. The average molecular weight is 365 g/mol. The monoisotopic (exact) mass is 365 g/mol. The number of aromatic nitrogens is 1. The number of hydrogen-bond acceptors (Lipinski definition) is 3. The molecule has 4 aromatic rings. The molecule has 0 spiro atoms. The van der Waals surface area contributed by atoms with Crippen LogP contribution >= 0.6 is 0 Å². The number of amides is 1. The maximum absolute atomic E-state index is 13.3. The lowest BCUT2D eigenvalue weighted by Crippen LogP contribution is -2.47. The molecular formula is C24H19N3O. The summed E-state index contributed by atoms with van der Waals surface area (Å²) in [6.45, 7) is 1.92. The quantitative estimate of drug-likeness (QED) is 0.466. The first-order valence-electron chi connectivity index (χ1n) is 9.46. The van der Waals surface area contributed by atoms with E-state index in [-0.39, 0.29) is 5.91 Å². The molecular weight excluding hydrogens is 346 g/mol. The van der Waals surface area contributed by atoms with E-state index in [1.54, 1.807) is 4.90 Å². The molecule has 4 heteroatoms. The molecule has 28 heavy (non-hydrogen) atoms. The Kier molecular flexibility index (Phi) is 3.44. The van der Waals surface area contributed by atoms with Gasteiger partial charge >= 0.3 is 0 Å². The zero-order valence-corrected chi connectivity index (χ0v) is 15.9. The van der Waals surface area contributed by atoms with Gasteiger partial charge in [-0.15, -0.1) is 0 Å². The van der Waals surface area contributed by atoms with Crippen LogP contribution in [-0.4, -0.2) is 17.9 Å². The third kappa shape index (κ3) is 2.05. The van der Waals surface area contributed by atoms with Crippen molar-refractivity contribution in [2.45, 2.75) is 25.2 Å². The molecule has 1 aliphatic heterocycles. The predicted octanol–water partition coefficient (Wildman–Crippen LogP) is 5.08. The van der Waals surface area contributed by atoms with Crippen LogP contribution < -0.4 is 4.90 Å². The number of nitrogens with zero attached hydrogens (tertiary/aromatic N) is 3. The summed E-state index contributed by atoms with van der Waals surface area (Å²) in [5, 5.41) is 14.7. The molecule has 1 atom stereocenters. The molecule has 1 aromatic heterocycles. The van der Waals surface area contributed by atoms with Crippen LogP contribution in [0.2, 0.25) is 0 Å². The van der Waals surface area contributed by atoms with Crippen molar-refractivity contribution in [3.8, 4) is 6.07 Å². The molecule has 0 bridgehead atoms. The third-order valence-electron chi connectivity index (χ3n) is 6.09. The van der Waals surface area contributed by atoms with Gasteiger partial charge in [-0.1, -0.05) is 42.5 Å². The fraction of sp³-hybridized carbons (Fsp3) is 0.208. The van der Waals surface area contributed by atoms with Gasteiger partial charge in [-0.25, -0.2) is 0 Å². The van der Waals surface area contributed by atoms with E-state index in [0.29, 0.717) is 12.8 Å². The molecule has 0 fully saturated rings. The summed E-state index contributed by atoms with van der Waals surface area (Å²) in [6.07, 6.45) is 0.777. The number of pyridine rings is 1. The summed E-state index contributed by atoms with van der Waals surface area (Å²) in [4.78, 5) is 20.0. The van der Waals surface area contributed by atoms with Crippen LogP contribution in [0.3, 0.4) is 0 Å². The van der Waals surface area contributed by atoms with Gasteiger partial charge in [0.05, 0.1) is 28.4 Å². The van der Waals surface area contributed by atoms with E-state index in [4.69, 9.17) is 10.2 Å². The number of nitriles is 1. The number of carbonyl (C=O) groups is 1. The van der Waals surface area contributed by atoms with E-state index in [1.807, 2.05) is 44.3 Å². The van der Waals surface area contributed by atoms with Gasteiger partial charge in [-0.3, -0.25) is 9.78 Å². The highest BCUT2D eigenvalue weighted by molar-refractivity contribution is 6.24. The molecule has 0 saturated carbocycles. The number of anilines is 1. The second-order valence-electron chi connectivity index (χ2n) is 7.70. The minimum atomic E-state index is -0.809. The van der Waals surface area contributed by atoms with Crippen LogP contribution in [0, 0.1) is 11.3 Å². The Morgan fingerprint density at radius 2 is 1.82 bits per heavy atom. The van der Waals surface area contributed by atoms with Gasteiger partial charge in [0.15, 0.2) is 0 Å². The van der Waals surface area contributed by atoms with E-state index < -0.39 is 5.41 Å². The first kappa shape index (κ1) is 16.7. The molecule has 1 aliphatic rings. The SMILES string of the molecule is CN1C(=O)C(C)(CCC#N)c2nc3ccc4ccccc4c3c3cccc1c23.